The number of hydrogen-bond acceptors (Lipinski definition) is 3. The van der Waals surface area contributed by atoms with E-state index in [2.05, 4.69) is 5.32 Å². The Kier molecular flexibility index (Phi) is 6.02. The zero-order valence-corrected chi connectivity index (χ0v) is 11.2. The van der Waals surface area contributed by atoms with Gasteiger partial charge in [0.15, 0.2) is 0 Å². The van der Waals surface area contributed by atoms with Gasteiger partial charge in [0.25, 0.3) is 0 Å². The minimum Gasteiger partial charge on any atom is -0.478 e. The number of carbonyl (C=O) groups is 2. The number of aromatic carboxylic acids is 1. The molecule has 0 aliphatic carbocycles. The molecule has 5 heteroatoms. The van der Waals surface area contributed by atoms with Gasteiger partial charge in [0.1, 0.15) is 0 Å². The number of anilines is 1. The number of amides is 1. The Morgan fingerprint density at radius 1 is 1.32 bits per heavy atom. The van der Waals surface area contributed by atoms with E-state index < -0.39 is 5.97 Å². The molecule has 0 radical (unpaired) electrons. The summed E-state index contributed by atoms with van der Waals surface area (Å²) in [6.45, 7) is 4.81. The first-order valence-electron chi connectivity index (χ1n) is 6.26. The highest BCUT2D eigenvalue weighted by Crippen LogP contribution is 2.16. The van der Waals surface area contributed by atoms with Gasteiger partial charge in [0, 0.05) is 12.3 Å². The predicted molar refractivity (Wildman–Crippen MR) is 72.5 cm³/mol. The molecule has 1 rings (SSSR count). The van der Waals surface area contributed by atoms with Gasteiger partial charge in [0.05, 0.1) is 18.6 Å². The summed E-state index contributed by atoms with van der Waals surface area (Å²) in [6, 6.07) is 4.60. The zero-order chi connectivity index (χ0) is 14.3. The fraction of sp³-hybridized carbons (Fsp3) is 0.429. The molecule has 0 atom stereocenters. The summed E-state index contributed by atoms with van der Waals surface area (Å²) in [4.78, 5) is 22.4. The number of nitrogens with one attached hydrogen (secondary N) is 1. The monoisotopic (exact) mass is 265 g/mol. The molecular formula is C14H19NO4. The van der Waals surface area contributed by atoms with E-state index in [1.54, 1.807) is 13.0 Å². The minimum absolute atomic E-state index is 0.137. The van der Waals surface area contributed by atoms with Crippen molar-refractivity contribution < 1.29 is 19.4 Å². The van der Waals surface area contributed by atoms with Crippen LogP contribution in [0.5, 0.6) is 0 Å². The number of carboxylic acids is 1. The van der Waals surface area contributed by atoms with Crippen molar-refractivity contribution in [2.24, 2.45) is 0 Å². The van der Waals surface area contributed by atoms with E-state index in [4.69, 9.17) is 9.84 Å². The van der Waals surface area contributed by atoms with Crippen LogP contribution in [0.15, 0.2) is 18.2 Å². The topological polar surface area (TPSA) is 75.6 Å². The molecule has 1 aromatic rings. The lowest BCUT2D eigenvalue weighted by molar-refractivity contribution is -0.117. The Hall–Kier alpha value is -1.88. The zero-order valence-electron chi connectivity index (χ0n) is 11.2. The fourth-order valence-corrected chi connectivity index (χ4v) is 1.56. The molecular weight excluding hydrogens is 246 g/mol. The maximum Gasteiger partial charge on any atom is 0.335 e. The second kappa shape index (κ2) is 7.53. The van der Waals surface area contributed by atoms with Crippen molar-refractivity contribution in [3.8, 4) is 0 Å². The van der Waals surface area contributed by atoms with Crippen molar-refractivity contribution in [1.29, 1.82) is 0 Å². The van der Waals surface area contributed by atoms with E-state index in [0.29, 0.717) is 25.3 Å². The molecule has 0 bridgehead atoms. The van der Waals surface area contributed by atoms with Crippen molar-refractivity contribution in [3.05, 3.63) is 29.3 Å². The Morgan fingerprint density at radius 2 is 2.05 bits per heavy atom. The summed E-state index contributed by atoms with van der Waals surface area (Å²) >= 11 is 0. The van der Waals surface area contributed by atoms with Gasteiger partial charge >= 0.3 is 5.97 Å². The van der Waals surface area contributed by atoms with Crippen LogP contribution in [0.25, 0.3) is 0 Å². The molecule has 0 fully saturated rings. The Bertz CT molecular complexity index is 457. The Balaban J connectivity index is 2.52. The largest absolute Gasteiger partial charge is 0.478 e. The number of hydrogen-bond donors (Lipinski definition) is 2. The second-order valence-electron chi connectivity index (χ2n) is 4.25. The second-order valence-corrected chi connectivity index (χ2v) is 4.25. The van der Waals surface area contributed by atoms with Crippen molar-refractivity contribution >= 4 is 17.6 Å². The summed E-state index contributed by atoms with van der Waals surface area (Å²) in [6.07, 6.45) is 1.22. The highest BCUT2D eigenvalue weighted by molar-refractivity contribution is 5.93. The first-order valence-corrected chi connectivity index (χ1v) is 6.26. The van der Waals surface area contributed by atoms with Crippen molar-refractivity contribution in [3.63, 3.8) is 0 Å². The fourth-order valence-electron chi connectivity index (χ4n) is 1.56. The molecule has 0 spiro atoms. The average molecular weight is 265 g/mol. The van der Waals surface area contributed by atoms with Crippen molar-refractivity contribution in [1.82, 2.24) is 0 Å². The van der Waals surface area contributed by atoms with E-state index in [9.17, 15) is 9.59 Å². The molecule has 2 N–H and O–H groups in total. The third-order valence-electron chi connectivity index (χ3n) is 2.57. The number of rotatable bonds is 7. The highest BCUT2D eigenvalue weighted by atomic mass is 16.5. The lowest BCUT2D eigenvalue weighted by Crippen LogP contribution is -2.15. The van der Waals surface area contributed by atoms with Crippen LogP contribution in [-0.2, 0) is 9.53 Å². The lowest BCUT2D eigenvalue weighted by Gasteiger charge is -2.09. The van der Waals surface area contributed by atoms with E-state index in [1.165, 1.54) is 12.1 Å². The van der Waals surface area contributed by atoms with Gasteiger partial charge in [0.2, 0.25) is 5.91 Å². The molecule has 0 aliphatic rings. The average Bonchev–Trinajstić information content (AvgIpc) is 2.37. The van der Waals surface area contributed by atoms with Crippen molar-refractivity contribution in [2.75, 3.05) is 18.5 Å². The highest BCUT2D eigenvalue weighted by Gasteiger charge is 2.08. The molecule has 1 aromatic carbocycles. The first kappa shape index (κ1) is 15.2. The number of aryl methyl sites for hydroxylation is 1. The summed E-state index contributed by atoms with van der Waals surface area (Å²) in [5.41, 5.74) is 1.56. The number of ether oxygens (including phenoxy) is 1. The van der Waals surface area contributed by atoms with Crippen LogP contribution >= 0.6 is 0 Å². The summed E-state index contributed by atoms with van der Waals surface area (Å²) in [7, 11) is 0. The molecule has 0 saturated heterocycles. The van der Waals surface area contributed by atoms with Crippen LogP contribution in [0.2, 0.25) is 0 Å². The molecule has 19 heavy (non-hydrogen) atoms. The maximum absolute atomic E-state index is 11.6. The maximum atomic E-state index is 11.6. The van der Waals surface area contributed by atoms with Crippen LogP contribution in [-0.4, -0.2) is 30.2 Å². The molecule has 1 amide bonds. The summed E-state index contributed by atoms with van der Waals surface area (Å²) in [5, 5.41) is 11.6. The summed E-state index contributed by atoms with van der Waals surface area (Å²) in [5.74, 6) is -1.11. The smallest absolute Gasteiger partial charge is 0.335 e. The van der Waals surface area contributed by atoms with Crippen LogP contribution < -0.4 is 5.32 Å². The normalized spacial score (nSPS) is 10.2. The van der Waals surface area contributed by atoms with Gasteiger partial charge in [-0.3, -0.25) is 4.79 Å². The van der Waals surface area contributed by atoms with Crippen LogP contribution in [0, 0.1) is 6.92 Å². The molecule has 0 unspecified atom stereocenters. The predicted octanol–water partition coefficient (Wildman–Crippen LogP) is 2.45. The number of carbonyl (C=O) groups excluding carboxylic acids is 1. The van der Waals surface area contributed by atoms with Gasteiger partial charge in [-0.1, -0.05) is 6.92 Å². The molecule has 104 valence electrons. The quantitative estimate of drug-likeness (QED) is 0.742. The standard InChI is InChI=1S/C14H19NO4/c1-3-7-19-8-6-13(16)15-12-5-4-11(14(17)18)9-10(12)2/h4-5,9H,3,6-8H2,1-2H3,(H,15,16)(H,17,18). The van der Waals surface area contributed by atoms with Crippen LogP contribution in [0.4, 0.5) is 5.69 Å². The molecule has 5 nitrogen and oxygen atoms in total. The van der Waals surface area contributed by atoms with E-state index >= 15 is 0 Å². The van der Waals surface area contributed by atoms with Crippen molar-refractivity contribution in [2.45, 2.75) is 26.7 Å². The lowest BCUT2D eigenvalue weighted by atomic mass is 10.1. The summed E-state index contributed by atoms with van der Waals surface area (Å²) < 4.78 is 5.23. The molecule has 0 aliphatic heterocycles. The number of carboxylic acid groups (broad SMARTS) is 1. The molecule has 0 aromatic heterocycles. The van der Waals surface area contributed by atoms with Gasteiger partial charge in [-0.15, -0.1) is 0 Å². The van der Waals surface area contributed by atoms with Gasteiger partial charge < -0.3 is 15.2 Å². The molecule has 0 saturated carbocycles. The van der Waals surface area contributed by atoms with Gasteiger partial charge in [-0.05, 0) is 37.1 Å². The van der Waals surface area contributed by atoms with Crippen LogP contribution in [0.1, 0.15) is 35.7 Å². The minimum atomic E-state index is -0.978. The SMILES string of the molecule is CCCOCCC(=O)Nc1ccc(C(=O)O)cc1C. The third-order valence-corrected chi connectivity index (χ3v) is 2.57. The van der Waals surface area contributed by atoms with E-state index in [0.717, 1.165) is 12.0 Å². The Morgan fingerprint density at radius 3 is 2.63 bits per heavy atom. The van der Waals surface area contributed by atoms with E-state index in [1.807, 2.05) is 6.92 Å². The third kappa shape index (κ3) is 5.09. The van der Waals surface area contributed by atoms with Crippen LogP contribution in [0.3, 0.4) is 0 Å². The van der Waals surface area contributed by atoms with Gasteiger partial charge in [-0.2, -0.15) is 0 Å². The molecule has 0 heterocycles. The number of benzene rings is 1. The Labute approximate surface area is 112 Å². The van der Waals surface area contributed by atoms with Gasteiger partial charge in [-0.25, -0.2) is 4.79 Å². The van der Waals surface area contributed by atoms with E-state index in [-0.39, 0.29) is 11.5 Å². The first-order chi connectivity index (χ1) is 9.04.